The second kappa shape index (κ2) is 10.2. The van der Waals surface area contributed by atoms with Crippen LogP contribution in [0.3, 0.4) is 0 Å². The van der Waals surface area contributed by atoms with Crippen LogP contribution >= 0.6 is 0 Å². The summed E-state index contributed by atoms with van der Waals surface area (Å²) in [5.41, 5.74) is 5.68. The van der Waals surface area contributed by atoms with Crippen LogP contribution in [0.1, 0.15) is 0 Å². The van der Waals surface area contributed by atoms with Gasteiger partial charge in [0.1, 0.15) is 6.33 Å². The molecule has 0 aliphatic carbocycles. The maximum absolute atomic E-state index is 12.1. The van der Waals surface area contributed by atoms with Crippen LogP contribution in [0.15, 0.2) is 73.1 Å². The molecule has 1 heterocycles. The Balaban J connectivity index is 1.54. The number of benzene rings is 3. The van der Waals surface area contributed by atoms with Gasteiger partial charge < -0.3 is 15.5 Å². The highest BCUT2D eigenvalue weighted by molar-refractivity contribution is 7.92. The fourth-order valence-electron chi connectivity index (χ4n) is 3.64. The standard InChI is InChI=1S/C25H28N6O3S/c1-30(2)14-13-26-25(32)28-20-10-7-18(8-11-20)19-9-12-23-24(15-19)31(17-27-23)22-6-4-5-21(16-22)29-35(3,33)34/h4-12,15-17,29H,13-14H2,1-3H3,(H2,26,28,32). The summed E-state index contributed by atoms with van der Waals surface area (Å²) in [5, 5.41) is 5.67. The number of fused-ring (bicyclic) bond motifs is 1. The van der Waals surface area contributed by atoms with Crippen molar-refractivity contribution < 1.29 is 13.2 Å². The molecular formula is C25H28N6O3S. The Hall–Kier alpha value is -3.89. The smallest absolute Gasteiger partial charge is 0.319 e. The van der Waals surface area contributed by atoms with Gasteiger partial charge in [0.2, 0.25) is 10.0 Å². The number of hydrogen-bond acceptors (Lipinski definition) is 5. The molecule has 4 aromatic rings. The van der Waals surface area contributed by atoms with E-state index in [4.69, 9.17) is 0 Å². The lowest BCUT2D eigenvalue weighted by Gasteiger charge is -2.12. The average molecular weight is 493 g/mol. The summed E-state index contributed by atoms with van der Waals surface area (Å²) in [6.45, 7) is 1.34. The molecule has 0 spiro atoms. The van der Waals surface area contributed by atoms with Gasteiger partial charge in [-0.2, -0.15) is 0 Å². The topological polar surface area (TPSA) is 108 Å². The molecule has 35 heavy (non-hydrogen) atoms. The van der Waals surface area contributed by atoms with Crippen molar-refractivity contribution >= 4 is 38.5 Å². The third-order valence-electron chi connectivity index (χ3n) is 5.30. The number of nitrogens with zero attached hydrogens (tertiary/aromatic N) is 3. The number of anilines is 2. The van der Waals surface area contributed by atoms with Crippen molar-refractivity contribution in [3.8, 4) is 16.8 Å². The highest BCUT2D eigenvalue weighted by Crippen LogP contribution is 2.27. The maximum Gasteiger partial charge on any atom is 0.319 e. The number of carbonyl (C=O) groups is 1. The van der Waals surface area contributed by atoms with E-state index in [9.17, 15) is 13.2 Å². The molecule has 4 rings (SSSR count). The third-order valence-corrected chi connectivity index (χ3v) is 5.90. The van der Waals surface area contributed by atoms with Gasteiger partial charge in [-0.25, -0.2) is 18.2 Å². The largest absolute Gasteiger partial charge is 0.337 e. The molecular weight excluding hydrogens is 464 g/mol. The van der Waals surface area contributed by atoms with Crippen LogP contribution in [-0.2, 0) is 10.0 Å². The van der Waals surface area contributed by atoms with E-state index in [1.165, 1.54) is 0 Å². The van der Waals surface area contributed by atoms with Gasteiger partial charge in [0.25, 0.3) is 0 Å². The molecule has 1 aromatic heterocycles. The zero-order valence-corrected chi connectivity index (χ0v) is 20.6. The van der Waals surface area contributed by atoms with Crippen LogP contribution in [0, 0.1) is 0 Å². The lowest BCUT2D eigenvalue weighted by molar-refractivity contribution is 0.250. The van der Waals surface area contributed by atoms with Crippen LogP contribution in [0.2, 0.25) is 0 Å². The molecule has 2 amide bonds. The number of sulfonamides is 1. The van der Waals surface area contributed by atoms with Crippen molar-refractivity contribution in [1.82, 2.24) is 19.8 Å². The number of rotatable bonds is 8. The molecule has 0 saturated carbocycles. The lowest BCUT2D eigenvalue weighted by Crippen LogP contribution is -2.34. The van der Waals surface area contributed by atoms with E-state index in [0.29, 0.717) is 17.9 Å². The molecule has 182 valence electrons. The molecule has 0 atom stereocenters. The molecule has 3 aromatic carbocycles. The summed E-state index contributed by atoms with van der Waals surface area (Å²) in [5.74, 6) is 0. The first-order valence-corrected chi connectivity index (χ1v) is 12.9. The monoisotopic (exact) mass is 492 g/mol. The molecule has 0 radical (unpaired) electrons. The molecule has 0 bridgehead atoms. The molecule has 0 unspecified atom stereocenters. The van der Waals surface area contributed by atoms with Gasteiger partial charge in [0, 0.05) is 24.5 Å². The normalized spacial score (nSPS) is 11.5. The lowest BCUT2D eigenvalue weighted by atomic mass is 10.0. The van der Waals surface area contributed by atoms with E-state index in [-0.39, 0.29) is 6.03 Å². The third kappa shape index (κ3) is 6.37. The Morgan fingerprint density at radius 3 is 2.43 bits per heavy atom. The fourth-order valence-corrected chi connectivity index (χ4v) is 4.20. The zero-order chi connectivity index (χ0) is 25.0. The van der Waals surface area contributed by atoms with Gasteiger partial charge in [-0.15, -0.1) is 0 Å². The molecule has 10 heteroatoms. The van der Waals surface area contributed by atoms with Crippen molar-refractivity contribution in [2.45, 2.75) is 0 Å². The molecule has 0 saturated heterocycles. The summed E-state index contributed by atoms with van der Waals surface area (Å²) in [4.78, 5) is 18.5. The number of amides is 2. The molecule has 0 fully saturated rings. The van der Waals surface area contributed by atoms with Gasteiger partial charge in [-0.3, -0.25) is 9.29 Å². The second-order valence-electron chi connectivity index (χ2n) is 8.50. The Labute approximate surface area is 204 Å². The number of aromatic nitrogens is 2. The minimum absolute atomic E-state index is 0.238. The van der Waals surface area contributed by atoms with Crippen molar-refractivity contribution in [2.24, 2.45) is 0 Å². The fraction of sp³-hybridized carbons (Fsp3) is 0.200. The first kappa shape index (κ1) is 24.2. The van der Waals surface area contributed by atoms with E-state index in [1.807, 2.05) is 72.1 Å². The first-order chi connectivity index (χ1) is 16.7. The van der Waals surface area contributed by atoms with E-state index < -0.39 is 10.0 Å². The number of nitrogens with one attached hydrogen (secondary N) is 3. The number of hydrogen-bond donors (Lipinski definition) is 3. The van der Waals surface area contributed by atoms with Crippen molar-refractivity contribution in [2.75, 3.05) is 43.5 Å². The minimum atomic E-state index is -3.37. The summed E-state index contributed by atoms with van der Waals surface area (Å²) in [6.07, 6.45) is 2.84. The Morgan fingerprint density at radius 1 is 0.971 bits per heavy atom. The van der Waals surface area contributed by atoms with Gasteiger partial charge in [-0.1, -0.05) is 24.3 Å². The van der Waals surface area contributed by atoms with Crippen LogP contribution in [0.5, 0.6) is 0 Å². The number of carbonyl (C=O) groups excluding carboxylic acids is 1. The van der Waals surface area contributed by atoms with Gasteiger partial charge >= 0.3 is 6.03 Å². The summed E-state index contributed by atoms with van der Waals surface area (Å²) in [7, 11) is 0.534. The van der Waals surface area contributed by atoms with Crippen LogP contribution in [-0.4, -0.2) is 62.3 Å². The number of urea groups is 1. The highest BCUT2D eigenvalue weighted by atomic mass is 32.2. The minimum Gasteiger partial charge on any atom is -0.337 e. The SMILES string of the molecule is CN(C)CCNC(=O)Nc1ccc(-c2ccc3ncn(-c4cccc(NS(C)(=O)=O)c4)c3c2)cc1. The van der Waals surface area contributed by atoms with Crippen LogP contribution < -0.4 is 15.4 Å². The zero-order valence-electron chi connectivity index (χ0n) is 19.8. The predicted octanol–water partition coefficient (Wildman–Crippen LogP) is 3.75. The van der Waals surface area contributed by atoms with Crippen molar-refractivity contribution in [1.29, 1.82) is 0 Å². The molecule has 9 nitrogen and oxygen atoms in total. The van der Waals surface area contributed by atoms with Crippen molar-refractivity contribution in [3.63, 3.8) is 0 Å². The molecule has 3 N–H and O–H groups in total. The van der Waals surface area contributed by atoms with E-state index >= 15 is 0 Å². The summed E-state index contributed by atoms with van der Waals surface area (Å²) >= 11 is 0. The number of imidazole rings is 1. The average Bonchev–Trinajstić information content (AvgIpc) is 3.22. The number of likely N-dealkylation sites (N-methyl/N-ethyl adjacent to an activating group) is 1. The van der Waals surface area contributed by atoms with Gasteiger partial charge in [0.05, 0.1) is 23.0 Å². The molecule has 0 aliphatic rings. The van der Waals surface area contributed by atoms with E-state index in [0.717, 1.165) is 40.6 Å². The Morgan fingerprint density at radius 2 is 1.71 bits per heavy atom. The van der Waals surface area contributed by atoms with Crippen LogP contribution in [0.4, 0.5) is 16.2 Å². The highest BCUT2D eigenvalue weighted by Gasteiger charge is 2.09. The van der Waals surface area contributed by atoms with Crippen molar-refractivity contribution in [3.05, 3.63) is 73.1 Å². The van der Waals surface area contributed by atoms with Gasteiger partial charge in [0.15, 0.2) is 0 Å². The Kier molecular flexibility index (Phi) is 7.04. The first-order valence-electron chi connectivity index (χ1n) is 11.0. The second-order valence-corrected chi connectivity index (χ2v) is 10.3. The van der Waals surface area contributed by atoms with Crippen LogP contribution in [0.25, 0.3) is 27.8 Å². The predicted molar refractivity (Wildman–Crippen MR) is 141 cm³/mol. The van der Waals surface area contributed by atoms with E-state index in [1.54, 1.807) is 24.5 Å². The Bertz CT molecular complexity index is 1450. The van der Waals surface area contributed by atoms with E-state index in [2.05, 4.69) is 20.3 Å². The molecule has 0 aliphatic heterocycles. The quantitative estimate of drug-likeness (QED) is 0.347. The summed E-state index contributed by atoms with van der Waals surface area (Å²) < 4.78 is 27.6. The van der Waals surface area contributed by atoms with Gasteiger partial charge in [-0.05, 0) is 67.7 Å². The maximum atomic E-state index is 12.1. The summed E-state index contributed by atoms with van der Waals surface area (Å²) in [6, 6.07) is 20.5.